The zero-order valence-corrected chi connectivity index (χ0v) is 41.5. The first kappa shape index (κ1) is 43.8. The van der Waals surface area contributed by atoms with E-state index in [2.05, 4.69) is 241 Å². The highest BCUT2D eigenvalue weighted by Gasteiger charge is 2.38. The summed E-state index contributed by atoms with van der Waals surface area (Å²) < 4.78 is 2.63. The molecule has 9 aromatic rings. The molecule has 0 saturated heterocycles. The van der Waals surface area contributed by atoms with Crippen LogP contribution in [0.25, 0.3) is 49.7 Å². The minimum absolute atomic E-state index is 0.0317. The lowest BCUT2D eigenvalue weighted by Crippen LogP contribution is -2.38. The van der Waals surface area contributed by atoms with Crippen molar-refractivity contribution in [2.24, 2.45) is 0 Å². The molecule has 0 radical (unpaired) electrons. The Morgan fingerprint density at radius 1 is 0.588 bits per heavy atom. The first-order valence-corrected chi connectivity index (χ1v) is 25.0. The molecule has 3 nitrogen and oxygen atoms in total. The number of nitrogens with one attached hydrogen (secondary N) is 1. The third-order valence-corrected chi connectivity index (χ3v) is 15.1. The molecule has 1 aliphatic carbocycles. The summed E-state index contributed by atoms with van der Waals surface area (Å²) in [6.07, 6.45) is 4.78. The van der Waals surface area contributed by atoms with Crippen LogP contribution in [0.5, 0.6) is 0 Å². The maximum atomic E-state index is 4.07. The van der Waals surface area contributed by atoms with E-state index in [0.29, 0.717) is 0 Å². The summed E-state index contributed by atoms with van der Waals surface area (Å²) in [7, 11) is 0.836. The van der Waals surface area contributed by atoms with Crippen LogP contribution in [-0.2, 0) is 22.7 Å². The third kappa shape index (κ3) is 7.35. The second-order valence-corrected chi connectivity index (χ2v) is 22.1. The van der Waals surface area contributed by atoms with Gasteiger partial charge in [0.1, 0.15) is 0 Å². The lowest BCUT2D eigenvalue weighted by molar-refractivity contribution is 0.590. The van der Waals surface area contributed by atoms with Crippen molar-refractivity contribution in [3.8, 4) is 27.9 Å². The van der Waals surface area contributed by atoms with Gasteiger partial charge in [0.25, 0.3) is 0 Å². The summed E-state index contributed by atoms with van der Waals surface area (Å²) in [5.74, 6) is 0. The number of rotatable bonds is 10. The Hall–Kier alpha value is -6.78. The van der Waals surface area contributed by atoms with Crippen molar-refractivity contribution in [3.63, 3.8) is 0 Å². The first-order chi connectivity index (χ1) is 32.7. The van der Waals surface area contributed by atoms with Gasteiger partial charge in [-0.2, -0.15) is 0 Å². The Morgan fingerprint density at radius 2 is 1.25 bits per heavy atom. The smallest absolute Gasteiger partial charge is 0.198 e. The van der Waals surface area contributed by atoms with Gasteiger partial charge in [-0.3, -0.25) is 0 Å². The second kappa shape index (κ2) is 16.5. The molecule has 8 aromatic carbocycles. The van der Waals surface area contributed by atoms with Gasteiger partial charge < -0.3 is 14.8 Å². The highest BCUT2D eigenvalue weighted by atomic mass is 15.1. The predicted molar refractivity (Wildman–Crippen MR) is 295 cm³/mol. The molecule has 1 aromatic heterocycles. The van der Waals surface area contributed by atoms with Gasteiger partial charge in [-0.25, -0.2) is 0 Å². The number of aryl methyl sites for hydroxylation is 1. The zero-order valence-electron chi connectivity index (χ0n) is 41.5. The first-order valence-electron chi connectivity index (χ1n) is 25.0. The Labute approximate surface area is 405 Å². The largest absolute Gasteiger partial charge is 0.355 e. The highest BCUT2D eigenvalue weighted by Crippen LogP contribution is 2.53. The fourth-order valence-electron chi connectivity index (χ4n) is 11.4. The molecule has 4 heteroatoms. The minimum atomic E-state index is -0.184. The molecular weight excluding hydrogens is 822 g/mol. The van der Waals surface area contributed by atoms with Crippen molar-refractivity contribution in [2.45, 2.75) is 104 Å². The SMILES string of the molecule is CCCCCc1ccc2c(c1)Bc1c(-c3cc4c(cc3Nc3ccc(C(C)(C)C)cc3)-c3ccccc3C4(C)C)cc(N(c3ccccc3)c3ccccc3)c3c4cc(C(C)(C)C)ccc4n-2c13. The molecule has 0 fully saturated rings. The number of unbranched alkanes of at least 4 members (excludes halogenated alkanes) is 2. The van der Waals surface area contributed by atoms with E-state index in [4.69, 9.17) is 0 Å². The second-order valence-electron chi connectivity index (χ2n) is 22.1. The van der Waals surface area contributed by atoms with Gasteiger partial charge >= 0.3 is 0 Å². The Bertz CT molecular complexity index is 3340. The summed E-state index contributed by atoms with van der Waals surface area (Å²) in [5.41, 5.74) is 24.0. The van der Waals surface area contributed by atoms with Crippen LogP contribution < -0.4 is 21.1 Å². The van der Waals surface area contributed by atoms with E-state index in [9.17, 15) is 0 Å². The van der Waals surface area contributed by atoms with Crippen LogP contribution in [0.2, 0.25) is 0 Å². The molecule has 2 aliphatic rings. The summed E-state index contributed by atoms with van der Waals surface area (Å²) in [4.78, 5) is 2.51. The Balaban J connectivity index is 1.28. The number of fused-ring (bicyclic) bond motifs is 8. The van der Waals surface area contributed by atoms with E-state index in [0.717, 1.165) is 36.4 Å². The Kier molecular flexibility index (Phi) is 10.6. The van der Waals surface area contributed by atoms with Crippen molar-refractivity contribution in [3.05, 3.63) is 192 Å². The monoisotopic (exact) mass is 886 g/mol. The van der Waals surface area contributed by atoms with Crippen LogP contribution in [0.15, 0.2) is 164 Å². The van der Waals surface area contributed by atoms with Crippen molar-refractivity contribution in [1.82, 2.24) is 4.57 Å². The van der Waals surface area contributed by atoms with Gasteiger partial charge in [-0.05, 0) is 146 Å². The van der Waals surface area contributed by atoms with Crippen molar-refractivity contribution >= 4 is 68.4 Å². The van der Waals surface area contributed by atoms with Gasteiger partial charge in [0.2, 0.25) is 0 Å². The molecule has 11 rings (SSSR count). The fourth-order valence-corrected chi connectivity index (χ4v) is 11.4. The van der Waals surface area contributed by atoms with Crippen LogP contribution >= 0.6 is 0 Å². The number of para-hydroxylation sites is 2. The van der Waals surface area contributed by atoms with Gasteiger partial charge in [0, 0.05) is 50.2 Å². The Morgan fingerprint density at radius 3 is 1.93 bits per heavy atom. The van der Waals surface area contributed by atoms with Gasteiger partial charge in [0.15, 0.2) is 7.28 Å². The molecule has 0 unspecified atom stereocenters. The van der Waals surface area contributed by atoms with E-state index in [1.807, 2.05) is 0 Å². The molecule has 1 N–H and O–H groups in total. The third-order valence-electron chi connectivity index (χ3n) is 15.1. The summed E-state index contributed by atoms with van der Waals surface area (Å²) in [5, 5.41) is 6.64. The highest BCUT2D eigenvalue weighted by molar-refractivity contribution is 6.73. The standard InChI is InChI=1S/C64H64BN3/c1-10-11-14-21-41-28-34-57-54(36-41)65-60-50(49-38-53-48(47-26-19-20-27-52(47)64(53,8)9)39-55(49)66-44-32-29-42(30-33-44)62(2,3)4)40-58(67(45-22-15-12-16-23-45)46-24-17-13-18-25-46)59-51-37-43(63(5,6)7)31-35-56(51)68(57)61(59)60/h12-13,15-20,22-40,65-66H,10-11,14,21H2,1-9H3. The van der Waals surface area contributed by atoms with E-state index in [1.54, 1.807) is 0 Å². The van der Waals surface area contributed by atoms with E-state index in [-0.39, 0.29) is 16.2 Å². The van der Waals surface area contributed by atoms with E-state index in [1.165, 1.54) is 113 Å². The zero-order chi connectivity index (χ0) is 47.1. The van der Waals surface area contributed by atoms with Gasteiger partial charge in [-0.1, -0.05) is 172 Å². The van der Waals surface area contributed by atoms with Crippen LogP contribution in [-0.4, -0.2) is 11.8 Å². The van der Waals surface area contributed by atoms with Crippen LogP contribution in [0.4, 0.5) is 28.4 Å². The molecule has 338 valence electrons. The summed E-state index contributed by atoms with van der Waals surface area (Å²) >= 11 is 0. The molecule has 68 heavy (non-hydrogen) atoms. The lowest BCUT2D eigenvalue weighted by Gasteiger charge is -2.30. The van der Waals surface area contributed by atoms with Crippen LogP contribution in [0, 0.1) is 0 Å². The van der Waals surface area contributed by atoms with Gasteiger partial charge in [0.05, 0.1) is 16.7 Å². The van der Waals surface area contributed by atoms with Crippen molar-refractivity contribution in [1.29, 1.82) is 0 Å². The van der Waals surface area contributed by atoms with E-state index >= 15 is 0 Å². The van der Waals surface area contributed by atoms with Gasteiger partial charge in [-0.15, -0.1) is 0 Å². The number of nitrogens with zero attached hydrogens (tertiary/aromatic N) is 2. The average molecular weight is 886 g/mol. The van der Waals surface area contributed by atoms with E-state index < -0.39 is 0 Å². The van der Waals surface area contributed by atoms with Crippen molar-refractivity contribution < 1.29 is 0 Å². The molecule has 0 saturated carbocycles. The average Bonchev–Trinajstić information content (AvgIpc) is 3.78. The minimum Gasteiger partial charge on any atom is -0.355 e. The number of hydrogen-bond donors (Lipinski definition) is 1. The molecule has 1 aliphatic heterocycles. The molecule has 2 heterocycles. The summed E-state index contributed by atoms with van der Waals surface area (Å²) in [6, 6.07) is 62.4. The maximum absolute atomic E-state index is 4.07. The number of aromatic nitrogens is 1. The molecule has 0 amide bonds. The molecule has 0 atom stereocenters. The van der Waals surface area contributed by atoms with Crippen LogP contribution in [0.3, 0.4) is 0 Å². The summed E-state index contributed by atoms with van der Waals surface area (Å²) in [6.45, 7) is 21.0. The van der Waals surface area contributed by atoms with Crippen LogP contribution in [0.1, 0.15) is 109 Å². The number of anilines is 5. The topological polar surface area (TPSA) is 20.2 Å². The number of hydrogen-bond acceptors (Lipinski definition) is 2. The number of benzene rings is 8. The van der Waals surface area contributed by atoms with Crippen molar-refractivity contribution in [2.75, 3.05) is 10.2 Å². The molecule has 0 bridgehead atoms. The lowest BCUT2D eigenvalue weighted by atomic mass is 9.58. The predicted octanol–water partition coefficient (Wildman–Crippen LogP) is 16.0. The maximum Gasteiger partial charge on any atom is 0.198 e. The molecular formula is C64H64BN3. The fraction of sp³-hybridized carbons (Fsp3) is 0.250. The normalized spacial score (nSPS) is 13.5. The quantitative estimate of drug-likeness (QED) is 0.109. The molecule has 0 spiro atoms.